The third-order valence-corrected chi connectivity index (χ3v) is 5.42. The van der Waals surface area contributed by atoms with E-state index < -0.39 is 0 Å². The Labute approximate surface area is 178 Å². The van der Waals surface area contributed by atoms with Gasteiger partial charge in [-0.25, -0.2) is 0 Å². The van der Waals surface area contributed by atoms with Crippen molar-refractivity contribution >= 4 is 5.91 Å². The maximum atomic E-state index is 12.7. The van der Waals surface area contributed by atoms with E-state index in [0.717, 1.165) is 22.6 Å². The van der Waals surface area contributed by atoms with Crippen LogP contribution in [0.2, 0.25) is 0 Å². The fraction of sp³-hybridized carbons (Fsp3) is 0.217. The van der Waals surface area contributed by atoms with Crippen LogP contribution >= 0.6 is 0 Å². The minimum absolute atomic E-state index is 0.0411. The predicted molar refractivity (Wildman–Crippen MR) is 113 cm³/mol. The van der Waals surface area contributed by atoms with E-state index >= 15 is 0 Å². The lowest BCUT2D eigenvalue weighted by Gasteiger charge is -2.36. The number of likely N-dealkylation sites (tertiary alicyclic amines) is 1. The van der Waals surface area contributed by atoms with E-state index in [1.165, 1.54) is 0 Å². The summed E-state index contributed by atoms with van der Waals surface area (Å²) in [5.74, 6) is 1.91. The van der Waals surface area contributed by atoms with Crippen LogP contribution in [0.1, 0.15) is 33.7 Å². The van der Waals surface area contributed by atoms with Crippen molar-refractivity contribution in [1.82, 2.24) is 25.2 Å². The molecule has 0 spiro atoms. The summed E-state index contributed by atoms with van der Waals surface area (Å²) < 4.78 is 10.8. The molecule has 0 atom stereocenters. The summed E-state index contributed by atoms with van der Waals surface area (Å²) >= 11 is 0. The van der Waals surface area contributed by atoms with Crippen LogP contribution in [-0.4, -0.2) is 51.3 Å². The van der Waals surface area contributed by atoms with Crippen LogP contribution < -0.4 is 4.74 Å². The van der Waals surface area contributed by atoms with Gasteiger partial charge in [0.05, 0.1) is 18.7 Å². The molecule has 0 radical (unpaired) electrons. The zero-order valence-electron chi connectivity index (χ0n) is 17.0. The minimum Gasteiger partial charge on any atom is -0.496 e. The number of nitrogens with one attached hydrogen (secondary N) is 1. The van der Waals surface area contributed by atoms with Gasteiger partial charge in [0.25, 0.3) is 5.91 Å². The lowest BCUT2D eigenvalue weighted by molar-refractivity contribution is 0.0563. The van der Waals surface area contributed by atoms with E-state index in [2.05, 4.69) is 20.3 Å². The molecule has 8 heteroatoms. The number of carbonyl (C=O) groups is 1. The quantitative estimate of drug-likeness (QED) is 0.519. The van der Waals surface area contributed by atoms with Gasteiger partial charge in [0, 0.05) is 30.6 Å². The van der Waals surface area contributed by atoms with Crippen molar-refractivity contribution in [2.24, 2.45) is 0 Å². The number of nitrogens with zero attached hydrogens (tertiary/aromatic N) is 4. The first kappa shape index (κ1) is 19.0. The molecule has 1 fully saturated rings. The van der Waals surface area contributed by atoms with Crippen molar-refractivity contribution in [1.29, 1.82) is 0 Å². The average molecular weight is 415 g/mol. The zero-order valence-corrected chi connectivity index (χ0v) is 17.0. The molecule has 1 aliphatic rings. The monoisotopic (exact) mass is 415 g/mol. The van der Waals surface area contributed by atoms with Crippen LogP contribution in [0.25, 0.3) is 11.3 Å². The highest BCUT2D eigenvalue weighted by Crippen LogP contribution is 2.28. The van der Waals surface area contributed by atoms with Gasteiger partial charge in [-0.05, 0) is 12.1 Å². The molecule has 156 valence electrons. The van der Waals surface area contributed by atoms with E-state index in [1.807, 2.05) is 54.6 Å². The topological polar surface area (TPSA) is 97.1 Å². The Hall–Kier alpha value is -3.94. The Morgan fingerprint density at radius 2 is 1.94 bits per heavy atom. The number of para-hydroxylation sites is 1. The number of ether oxygens (including phenoxy) is 1. The van der Waals surface area contributed by atoms with Crippen molar-refractivity contribution in [2.45, 2.75) is 12.3 Å². The predicted octanol–water partition coefficient (Wildman–Crippen LogP) is 3.30. The van der Waals surface area contributed by atoms with E-state index in [9.17, 15) is 4.79 Å². The van der Waals surface area contributed by atoms with Gasteiger partial charge < -0.3 is 14.2 Å². The molecule has 0 saturated carbocycles. The van der Waals surface area contributed by atoms with E-state index in [4.69, 9.17) is 9.26 Å². The third-order valence-electron chi connectivity index (χ3n) is 5.42. The number of aromatic amines is 1. The molecular formula is C23H21N5O3. The second-order valence-corrected chi connectivity index (χ2v) is 7.48. The van der Waals surface area contributed by atoms with Gasteiger partial charge in [-0.1, -0.05) is 53.7 Å². The number of H-pyrrole nitrogens is 1. The Kier molecular flexibility index (Phi) is 4.95. The highest BCUT2D eigenvalue weighted by Gasteiger charge is 2.36. The molecule has 3 heterocycles. The first-order valence-electron chi connectivity index (χ1n) is 10.1. The fourth-order valence-corrected chi connectivity index (χ4v) is 3.68. The average Bonchev–Trinajstić information content (AvgIpc) is 3.44. The van der Waals surface area contributed by atoms with Gasteiger partial charge in [-0.2, -0.15) is 10.1 Å². The molecule has 8 nitrogen and oxygen atoms in total. The number of amides is 1. The maximum Gasteiger partial charge on any atom is 0.271 e. The van der Waals surface area contributed by atoms with Crippen LogP contribution in [0.15, 0.2) is 65.2 Å². The molecule has 1 amide bonds. The first-order valence-corrected chi connectivity index (χ1v) is 10.1. The number of methoxy groups -OCH3 is 1. The summed E-state index contributed by atoms with van der Waals surface area (Å²) in [5, 5.41) is 11.2. The van der Waals surface area contributed by atoms with Crippen molar-refractivity contribution < 1.29 is 14.1 Å². The first-order chi connectivity index (χ1) is 15.2. The Bertz CT molecular complexity index is 1190. The van der Waals surface area contributed by atoms with Crippen LogP contribution in [-0.2, 0) is 6.42 Å². The van der Waals surface area contributed by atoms with Gasteiger partial charge >= 0.3 is 0 Å². The second kappa shape index (κ2) is 8.06. The van der Waals surface area contributed by atoms with E-state index in [1.54, 1.807) is 18.1 Å². The van der Waals surface area contributed by atoms with Gasteiger partial charge in [0.1, 0.15) is 11.4 Å². The van der Waals surface area contributed by atoms with Gasteiger partial charge in [-0.3, -0.25) is 9.89 Å². The summed E-state index contributed by atoms with van der Waals surface area (Å²) in [6.45, 7) is 1.07. The molecule has 0 bridgehead atoms. The molecule has 5 rings (SSSR count). The standard InChI is InChI=1S/C23H21N5O3/c1-30-20-10-6-5-9-16(20)11-21-24-22(31-27-21)17-13-28(14-17)23(29)19-12-18(25-26-19)15-7-3-2-4-8-15/h2-10,12,17H,11,13-14H2,1H3,(H,25,26). The highest BCUT2D eigenvalue weighted by atomic mass is 16.5. The van der Waals surface area contributed by atoms with Crippen LogP contribution in [0.4, 0.5) is 0 Å². The van der Waals surface area contributed by atoms with Gasteiger partial charge in [0.2, 0.25) is 5.89 Å². The van der Waals surface area contributed by atoms with Crippen molar-refractivity contribution in [3.05, 3.63) is 83.6 Å². The molecule has 2 aromatic carbocycles. The summed E-state index contributed by atoms with van der Waals surface area (Å²) in [4.78, 5) is 19.0. The van der Waals surface area contributed by atoms with Crippen LogP contribution in [0, 0.1) is 0 Å². The summed E-state index contributed by atoms with van der Waals surface area (Å²) in [5.41, 5.74) is 3.18. The lowest BCUT2D eigenvalue weighted by atomic mass is 9.99. The Balaban J connectivity index is 1.21. The summed E-state index contributed by atoms with van der Waals surface area (Å²) in [6.07, 6.45) is 0.527. The molecule has 4 aromatic rings. The van der Waals surface area contributed by atoms with Crippen LogP contribution in [0.3, 0.4) is 0 Å². The van der Waals surface area contributed by atoms with E-state index in [-0.39, 0.29) is 11.8 Å². The number of rotatable bonds is 6. The summed E-state index contributed by atoms with van der Waals surface area (Å²) in [6, 6.07) is 19.3. The Morgan fingerprint density at radius 3 is 2.74 bits per heavy atom. The van der Waals surface area contributed by atoms with Gasteiger partial charge in [-0.15, -0.1) is 0 Å². The van der Waals surface area contributed by atoms with Crippen LogP contribution in [0.5, 0.6) is 5.75 Å². The molecule has 0 unspecified atom stereocenters. The number of carbonyl (C=O) groups excluding carboxylic acids is 1. The minimum atomic E-state index is -0.0836. The van der Waals surface area contributed by atoms with Crippen molar-refractivity contribution in [3.8, 4) is 17.0 Å². The lowest BCUT2D eigenvalue weighted by Crippen LogP contribution is -2.48. The smallest absolute Gasteiger partial charge is 0.271 e. The van der Waals surface area contributed by atoms with E-state index in [0.29, 0.717) is 36.9 Å². The fourth-order valence-electron chi connectivity index (χ4n) is 3.68. The number of hydrogen-bond acceptors (Lipinski definition) is 6. The molecule has 1 saturated heterocycles. The number of hydrogen-bond donors (Lipinski definition) is 1. The van der Waals surface area contributed by atoms with Crippen molar-refractivity contribution in [3.63, 3.8) is 0 Å². The number of benzene rings is 2. The maximum absolute atomic E-state index is 12.7. The zero-order chi connectivity index (χ0) is 21.2. The number of aromatic nitrogens is 4. The molecule has 31 heavy (non-hydrogen) atoms. The molecular weight excluding hydrogens is 394 g/mol. The normalized spacial score (nSPS) is 13.8. The second-order valence-electron chi connectivity index (χ2n) is 7.48. The molecule has 2 aromatic heterocycles. The van der Waals surface area contributed by atoms with Gasteiger partial charge in [0.15, 0.2) is 5.82 Å². The SMILES string of the molecule is COc1ccccc1Cc1noc(C2CN(C(=O)c3cc(-c4ccccc4)n[nH]3)C2)n1. The van der Waals surface area contributed by atoms with Crippen molar-refractivity contribution in [2.75, 3.05) is 20.2 Å². The molecule has 1 N–H and O–H groups in total. The summed E-state index contributed by atoms with van der Waals surface area (Å²) in [7, 11) is 1.64. The molecule has 1 aliphatic heterocycles. The Morgan fingerprint density at radius 1 is 1.16 bits per heavy atom. The third kappa shape index (κ3) is 3.79. The highest BCUT2D eigenvalue weighted by molar-refractivity contribution is 5.94. The largest absolute Gasteiger partial charge is 0.496 e. The molecule has 0 aliphatic carbocycles.